The minimum Gasteiger partial charge on any atom is -0.497 e. The van der Waals surface area contributed by atoms with E-state index in [2.05, 4.69) is 20.4 Å². The molecule has 1 N–H and O–H groups in total. The average molecular weight is 300 g/mol. The summed E-state index contributed by atoms with van der Waals surface area (Å²) in [6.07, 6.45) is 3.82. The van der Waals surface area contributed by atoms with E-state index in [1.54, 1.807) is 13.2 Å². The predicted octanol–water partition coefficient (Wildman–Crippen LogP) is 3.16. The van der Waals surface area contributed by atoms with Crippen LogP contribution in [-0.4, -0.2) is 23.6 Å². The number of ether oxygens (including phenoxy) is 1. The van der Waals surface area contributed by atoms with Crippen LogP contribution < -0.4 is 4.74 Å². The third-order valence-electron chi connectivity index (χ3n) is 6.20. The normalized spacial score (nSPS) is 35.6. The molecule has 2 aliphatic carbocycles. The number of fused-ring (bicyclic) bond motifs is 2. The Bertz CT molecular complexity index is 616. The van der Waals surface area contributed by atoms with Gasteiger partial charge in [0.1, 0.15) is 11.4 Å². The number of benzene rings is 1. The van der Waals surface area contributed by atoms with E-state index in [1.807, 2.05) is 24.3 Å². The van der Waals surface area contributed by atoms with Crippen LogP contribution in [0.2, 0.25) is 0 Å². The fraction of sp³-hybridized carbons (Fsp3) is 0.526. The summed E-state index contributed by atoms with van der Waals surface area (Å²) in [5.74, 6) is 0.706. The Labute approximate surface area is 132 Å². The number of carbonyl (C=O) groups is 1. The molecule has 2 fully saturated rings. The molecular weight excluding hydrogens is 276 g/mol. The van der Waals surface area contributed by atoms with Crippen LogP contribution in [0.3, 0.4) is 0 Å². The zero-order chi connectivity index (χ0) is 16.2. The van der Waals surface area contributed by atoms with Gasteiger partial charge in [-0.05, 0) is 36.0 Å². The standard InChI is InChI=1S/C19H24O3/c1-5-18-11-10-15(17(18,2)3)19(21,16(18)20)12-13-6-8-14(22-4)9-7-13/h5-9,15,21H,1,10-12H2,2-4H3/t15?,18?,19-/m1/s1. The monoisotopic (exact) mass is 300 g/mol. The van der Waals surface area contributed by atoms with E-state index in [9.17, 15) is 9.90 Å². The fourth-order valence-electron chi connectivity index (χ4n) is 4.87. The quantitative estimate of drug-likeness (QED) is 0.869. The molecule has 0 spiro atoms. The Kier molecular flexibility index (Phi) is 3.26. The second-order valence-electron chi connectivity index (χ2n) is 7.27. The van der Waals surface area contributed by atoms with E-state index >= 15 is 0 Å². The first-order valence-corrected chi connectivity index (χ1v) is 7.85. The number of carbonyl (C=O) groups excluding carboxylic acids is 1. The lowest BCUT2D eigenvalue weighted by molar-refractivity contribution is -0.145. The molecule has 0 heterocycles. The van der Waals surface area contributed by atoms with Crippen molar-refractivity contribution in [1.82, 2.24) is 0 Å². The van der Waals surface area contributed by atoms with Crippen LogP contribution in [0.25, 0.3) is 0 Å². The number of hydrogen-bond donors (Lipinski definition) is 1. The van der Waals surface area contributed by atoms with Gasteiger partial charge in [0.15, 0.2) is 5.78 Å². The van der Waals surface area contributed by atoms with Crippen molar-refractivity contribution in [2.45, 2.75) is 38.7 Å². The first-order valence-electron chi connectivity index (χ1n) is 7.85. The van der Waals surface area contributed by atoms with Gasteiger partial charge >= 0.3 is 0 Å². The van der Waals surface area contributed by atoms with Crippen LogP contribution in [0, 0.1) is 16.7 Å². The minimum atomic E-state index is -1.29. The Morgan fingerprint density at radius 3 is 2.50 bits per heavy atom. The van der Waals surface area contributed by atoms with Crippen LogP contribution in [-0.2, 0) is 11.2 Å². The summed E-state index contributed by atoms with van der Waals surface area (Å²) in [7, 11) is 1.62. The summed E-state index contributed by atoms with van der Waals surface area (Å²) >= 11 is 0. The van der Waals surface area contributed by atoms with Crippen molar-refractivity contribution in [2.24, 2.45) is 16.7 Å². The van der Waals surface area contributed by atoms with Crippen LogP contribution in [0.15, 0.2) is 36.9 Å². The topological polar surface area (TPSA) is 46.5 Å². The maximum Gasteiger partial charge on any atom is 0.175 e. The van der Waals surface area contributed by atoms with E-state index in [4.69, 9.17) is 4.74 Å². The molecule has 2 unspecified atom stereocenters. The van der Waals surface area contributed by atoms with Gasteiger partial charge in [0, 0.05) is 12.3 Å². The molecule has 22 heavy (non-hydrogen) atoms. The highest BCUT2D eigenvalue weighted by Gasteiger charge is 2.73. The predicted molar refractivity (Wildman–Crippen MR) is 85.8 cm³/mol. The molecule has 0 saturated heterocycles. The Hall–Kier alpha value is -1.61. The average Bonchev–Trinajstić information content (AvgIpc) is 2.83. The fourth-order valence-corrected chi connectivity index (χ4v) is 4.87. The van der Waals surface area contributed by atoms with E-state index in [-0.39, 0.29) is 17.1 Å². The second kappa shape index (κ2) is 4.69. The van der Waals surface area contributed by atoms with Crippen molar-refractivity contribution in [3.05, 3.63) is 42.5 Å². The molecule has 0 amide bonds. The summed E-state index contributed by atoms with van der Waals surface area (Å²) in [5, 5.41) is 11.2. The summed E-state index contributed by atoms with van der Waals surface area (Å²) in [4.78, 5) is 13.0. The van der Waals surface area contributed by atoms with E-state index in [0.29, 0.717) is 6.42 Å². The van der Waals surface area contributed by atoms with Gasteiger partial charge in [0.05, 0.1) is 12.5 Å². The van der Waals surface area contributed by atoms with Crippen LogP contribution in [0.4, 0.5) is 0 Å². The smallest absolute Gasteiger partial charge is 0.175 e. The van der Waals surface area contributed by atoms with Gasteiger partial charge in [-0.1, -0.05) is 32.1 Å². The zero-order valence-corrected chi connectivity index (χ0v) is 13.6. The minimum absolute atomic E-state index is 0.0207. The lowest BCUT2D eigenvalue weighted by Crippen LogP contribution is -2.48. The van der Waals surface area contributed by atoms with Gasteiger partial charge in [-0.3, -0.25) is 4.79 Å². The molecule has 118 valence electrons. The first kappa shape index (κ1) is 15.3. The van der Waals surface area contributed by atoms with Gasteiger partial charge in [-0.25, -0.2) is 0 Å². The summed E-state index contributed by atoms with van der Waals surface area (Å²) in [6, 6.07) is 7.57. The molecule has 2 saturated carbocycles. The largest absolute Gasteiger partial charge is 0.497 e. The highest BCUT2D eigenvalue weighted by atomic mass is 16.5. The maximum absolute atomic E-state index is 13.0. The summed E-state index contributed by atoms with van der Waals surface area (Å²) in [5.41, 5.74) is -1.16. The zero-order valence-electron chi connectivity index (χ0n) is 13.6. The molecule has 2 aliphatic rings. The van der Waals surface area contributed by atoms with Gasteiger partial charge in [-0.2, -0.15) is 0 Å². The number of hydrogen-bond acceptors (Lipinski definition) is 3. The molecule has 0 aromatic heterocycles. The lowest BCUT2D eigenvalue weighted by Gasteiger charge is -2.33. The maximum atomic E-state index is 13.0. The molecule has 2 bridgehead atoms. The second-order valence-corrected chi connectivity index (χ2v) is 7.27. The van der Waals surface area contributed by atoms with Crippen molar-refractivity contribution >= 4 is 5.78 Å². The highest BCUT2D eigenvalue weighted by Crippen LogP contribution is 2.68. The number of aliphatic hydroxyl groups is 1. The number of methoxy groups -OCH3 is 1. The van der Waals surface area contributed by atoms with Crippen LogP contribution >= 0.6 is 0 Å². The molecule has 3 nitrogen and oxygen atoms in total. The summed E-state index contributed by atoms with van der Waals surface area (Å²) < 4.78 is 5.16. The number of Topliss-reactive ketones (excluding diaryl/α,β-unsaturated/α-hetero) is 1. The summed E-state index contributed by atoms with van der Waals surface area (Å²) in [6.45, 7) is 8.09. The Morgan fingerprint density at radius 1 is 1.36 bits per heavy atom. The molecule has 1 aromatic rings. The molecule has 3 atom stereocenters. The van der Waals surface area contributed by atoms with Crippen molar-refractivity contribution < 1.29 is 14.6 Å². The van der Waals surface area contributed by atoms with Crippen molar-refractivity contribution in [3.63, 3.8) is 0 Å². The third kappa shape index (κ3) is 1.69. The van der Waals surface area contributed by atoms with Crippen LogP contribution in [0.1, 0.15) is 32.3 Å². The van der Waals surface area contributed by atoms with Gasteiger partial charge < -0.3 is 9.84 Å². The van der Waals surface area contributed by atoms with Crippen molar-refractivity contribution in [3.8, 4) is 5.75 Å². The molecule has 0 radical (unpaired) electrons. The van der Waals surface area contributed by atoms with Gasteiger partial charge in [0.25, 0.3) is 0 Å². The van der Waals surface area contributed by atoms with Crippen molar-refractivity contribution in [1.29, 1.82) is 0 Å². The molecular formula is C19H24O3. The van der Waals surface area contributed by atoms with Gasteiger partial charge in [0.2, 0.25) is 0 Å². The van der Waals surface area contributed by atoms with E-state index < -0.39 is 11.0 Å². The SMILES string of the molecule is C=CC12CCC(C1(C)C)[C@](O)(Cc1ccc(OC)cc1)C2=O. The molecule has 1 aromatic carbocycles. The number of ketones is 1. The number of rotatable bonds is 4. The number of allylic oxidation sites excluding steroid dienone is 1. The van der Waals surface area contributed by atoms with Gasteiger partial charge in [-0.15, -0.1) is 6.58 Å². The van der Waals surface area contributed by atoms with E-state index in [0.717, 1.165) is 24.2 Å². The Morgan fingerprint density at radius 2 is 2.00 bits per heavy atom. The lowest BCUT2D eigenvalue weighted by atomic mass is 9.69. The first-order chi connectivity index (χ1) is 10.3. The van der Waals surface area contributed by atoms with Crippen molar-refractivity contribution in [2.75, 3.05) is 7.11 Å². The molecule has 3 heteroatoms. The third-order valence-corrected chi connectivity index (χ3v) is 6.20. The molecule has 0 aliphatic heterocycles. The van der Waals surface area contributed by atoms with E-state index in [1.165, 1.54) is 0 Å². The Balaban J connectivity index is 1.96. The highest BCUT2D eigenvalue weighted by molar-refractivity contribution is 5.99. The van der Waals surface area contributed by atoms with Crippen LogP contribution in [0.5, 0.6) is 5.75 Å². The molecule has 3 rings (SSSR count).